The van der Waals surface area contributed by atoms with Gasteiger partial charge in [0.25, 0.3) is 5.91 Å². The van der Waals surface area contributed by atoms with Gasteiger partial charge in [0.2, 0.25) is 10.0 Å². The third-order valence-corrected chi connectivity index (χ3v) is 6.92. The van der Waals surface area contributed by atoms with Gasteiger partial charge in [0.15, 0.2) is 0 Å². The van der Waals surface area contributed by atoms with Crippen LogP contribution in [0.1, 0.15) is 30.1 Å². The molecule has 0 aromatic heterocycles. The Kier molecular flexibility index (Phi) is 6.29. The molecule has 0 bridgehead atoms. The number of hydrogen-bond donors (Lipinski definition) is 1. The van der Waals surface area contributed by atoms with E-state index in [9.17, 15) is 13.2 Å². The summed E-state index contributed by atoms with van der Waals surface area (Å²) in [5, 5.41) is 2.91. The lowest BCUT2D eigenvalue weighted by atomic mass is 10.2. The van der Waals surface area contributed by atoms with Crippen molar-refractivity contribution in [3.05, 3.63) is 29.8 Å². The van der Waals surface area contributed by atoms with E-state index < -0.39 is 10.0 Å². The minimum atomic E-state index is -3.51. The standard InChI is InChI=1S/C18H27N3O4S/c1-15(20-9-11-25-12-10-20)14-19-18(22)16-5-4-6-17(13-16)26(23,24)21-7-2-3-8-21/h4-6,13,15H,2-3,7-12,14H2,1H3,(H,19,22). The number of morpholine rings is 1. The molecular weight excluding hydrogens is 354 g/mol. The zero-order valence-corrected chi connectivity index (χ0v) is 16.0. The van der Waals surface area contributed by atoms with Crippen LogP contribution in [0.15, 0.2) is 29.2 Å². The van der Waals surface area contributed by atoms with Gasteiger partial charge in [-0.15, -0.1) is 0 Å². The summed E-state index contributed by atoms with van der Waals surface area (Å²) in [6.45, 7) is 6.85. The predicted octanol–water partition coefficient (Wildman–Crippen LogP) is 0.922. The highest BCUT2D eigenvalue weighted by Gasteiger charge is 2.27. The van der Waals surface area contributed by atoms with Crippen LogP contribution in [0.3, 0.4) is 0 Å². The van der Waals surface area contributed by atoms with Crippen molar-refractivity contribution in [1.82, 2.24) is 14.5 Å². The van der Waals surface area contributed by atoms with Crippen molar-refractivity contribution < 1.29 is 17.9 Å². The third-order valence-electron chi connectivity index (χ3n) is 5.03. The first kappa shape index (κ1) is 19.3. The average molecular weight is 381 g/mol. The number of ether oxygens (including phenoxy) is 1. The Labute approximate surface area is 155 Å². The fourth-order valence-corrected chi connectivity index (χ4v) is 4.93. The van der Waals surface area contributed by atoms with Crippen LogP contribution in [0.25, 0.3) is 0 Å². The van der Waals surface area contributed by atoms with Crippen molar-refractivity contribution in [3.63, 3.8) is 0 Å². The van der Waals surface area contributed by atoms with E-state index in [0.717, 1.165) is 25.9 Å². The second kappa shape index (κ2) is 8.47. The van der Waals surface area contributed by atoms with E-state index in [1.807, 2.05) is 0 Å². The first-order chi connectivity index (χ1) is 12.5. The molecule has 0 aliphatic carbocycles. The van der Waals surface area contributed by atoms with Crippen LogP contribution in [0, 0.1) is 0 Å². The molecule has 26 heavy (non-hydrogen) atoms. The Balaban J connectivity index is 1.62. The maximum absolute atomic E-state index is 12.7. The van der Waals surface area contributed by atoms with Crippen molar-refractivity contribution >= 4 is 15.9 Å². The van der Waals surface area contributed by atoms with Crippen LogP contribution in [-0.2, 0) is 14.8 Å². The molecule has 0 radical (unpaired) electrons. The van der Waals surface area contributed by atoms with Crippen molar-refractivity contribution in [1.29, 1.82) is 0 Å². The van der Waals surface area contributed by atoms with Gasteiger partial charge in [0.05, 0.1) is 18.1 Å². The molecule has 0 spiro atoms. The third kappa shape index (κ3) is 4.43. The monoisotopic (exact) mass is 381 g/mol. The summed E-state index contributed by atoms with van der Waals surface area (Å²) >= 11 is 0. The van der Waals surface area contributed by atoms with E-state index in [1.54, 1.807) is 18.2 Å². The highest BCUT2D eigenvalue weighted by Crippen LogP contribution is 2.21. The van der Waals surface area contributed by atoms with Crippen LogP contribution < -0.4 is 5.32 Å². The molecule has 1 unspecified atom stereocenters. The largest absolute Gasteiger partial charge is 0.379 e. The zero-order chi connectivity index (χ0) is 18.6. The van der Waals surface area contributed by atoms with Crippen molar-refractivity contribution in [3.8, 4) is 0 Å². The quantitative estimate of drug-likeness (QED) is 0.793. The minimum absolute atomic E-state index is 0.188. The number of sulfonamides is 1. The number of rotatable bonds is 6. The van der Waals surface area contributed by atoms with E-state index in [2.05, 4.69) is 17.1 Å². The molecule has 1 aromatic carbocycles. The number of nitrogens with zero attached hydrogens (tertiary/aromatic N) is 2. The number of nitrogens with one attached hydrogen (secondary N) is 1. The summed E-state index contributed by atoms with van der Waals surface area (Å²) in [7, 11) is -3.51. The molecule has 1 N–H and O–H groups in total. The van der Waals surface area contributed by atoms with E-state index in [-0.39, 0.29) is 16.8 Å². The maximum atomic E-state index is 12.7. The number of carbonyl (C=O) groups excluding carboxylic acids is 1. The fourth-order valence-electron chi connectivity index (χ4n) is 3.37. The number of amides is 1. The molecule has 0 saturated carbocycles. The Bertz CT molecular complexity index is 726. The summed E-state index contributed by atoms with van der Waals surface area (Å²) in [5.41, 5.74) is 0.374. The van der Waals surface area contributed by atoms with Crippen LogP contribution in [-0.4, -0.2) is 75.5 Å². The van der Waals surface area contributed by atoms with Crippen LogP contribution in [0.2, 0.25) is 0 Å². The summed E-state index contributed by atoms with van der Waals surface area (Å²) < 4.78 is 32.1. The molecule has 2 saturated heterocycles. The zero-order valence-electron chi connectivity index (χ0n) is 15.2. The number of benzene rings is 1. The first-order valence-electron chi connectivity index (χ1n) is 9.19. The predicted molar refractivity (Wildman–Crippen MR) is 98.6 cm³/mol. The maximum Gasteiger partial charge on any atom is 0.251 e. The van der Waals surface area contributed by atoms with Gasteiger partial charge in [-0.1, -0.05) is 6.07 Å². The number of hydrogen-bond acceptors (Lipinski definition) is 5. The SMILES string of the molecule is CC(CNC(=O)c1cccc(S(=O)(=O)N2CCCC2)c1)N1CCOCC1. The van der Waals surface area contributed by atoms with Crippen LogP contribution >= 0.6 is 0 Å². The lowest BCUT2D eigenvalue weighted by Crippen LogP contribution is -2.47. The van der Waals surface area contributed by atoms with E-state index in [4.69, 9.17) is 4.74 Å². The molecule has 2 aliphatic heterocycles. The van der Waals surface area contributed by atoms with Crippen LogP contribution in [0.4, 0.5) is 0 Å². The molecule has 1 aromatic rings. The van der Waals surface area contributed by atoms with Gasteiger partial charge in [0, 0.05) is 44.3 Å². The highest BCUT2D eigenvalue weighted by molar-refractivity contribution is 7.89. The van der Waals surface area contributed by atoms with Gasteiger partial charge in [-0.3, -0.25) is 9.69 Å². The average Bonchev–Trinajstić information content (AvgIpc) is 3.22. The molecule has 1 amide bonds. The van der Waals surface area contributed by atoms with Gasteiger partial charge in [-0.05, 0) is 38.0 Å². The molecule has 8 heteroatoms. The van der Waals surface area contributed by atoms with Gasteiger partial charge in [-0.2, -0.15) is 4.31 Å². The molecule has 3 rings (SSSR count). The van der Waals surface area contributed by atoms with Crippen molar-refractivity contribution in [2.45, 2.75) is 30.7 Å². The Hall–Kier alpha value is -1.48. The molecule has 7 nitrogen and oxygen atoms in total. The molecular formula is C18H27N3O4S. The molecule has 144 valence electrons. The Morgan fingerprint density at radius 2 is 1.88 bits per heavy atom. The molecule has 2 fully saturated rings. The fraction of sp³-hybridized carbons (Fsp3) is 0.611. The molecule has 1 atom stereocenters. The van der Waals surface area contributed by atoms with Gasteiger partial charge in [-0.25, -0.2) is 8.42 Å². The Morgan fingerprint density at radius 3 is 2.58 bits per heavy atom. The van der Waals surface area contributed by atoms with E-state index in [1.165, 1.54) is 10.4 Å². The minimum Gasteiger partial charge on any atom is -0.379 e. The van der Waals surface area contributed by atoms with Gasteiger partial charge < -0.3 is 10.1 Å². The summed E-state index contributed by atoms with van der Waals surface area (Å²) in [6, 6.07) is 6.52. The molecule has 2 aliphatic rings. The van der Waals surface area contributed by atoms with E-state index in [0.29, 0.717) is 38.4 Å². The smallest absolute Gasteiger partial charge is 0.251 e. The Morgan fingerprint density at radius 1 is 1.19 bits per heavy atom. The highest BCUT2D eigenvalue weighted by atomic mass is 32.2. The van der Waals surface area contributed by atoms with Gasteiger partial charge >= 0.3 is 0 Å². The molecule has 2 heterocycles. The van der Waals surface area contributed by atoms with Crippen LogP contribution in [0.5, 0.6) is 0 Å². The second-order valence-corrected chi connectivity index (χ2v) is 8.78. The lowest BCUT2D eigenvalue weighted by molar-refractivity contribution is 0.0204. The number of carbonyl (C=O) groups is 1. The van der Waals surface area contributed by atoms with Crippen molar-refractivity contribution in [2.24, 2.45) is 0 Å². The second-order valence-electron chi connectivity index (χ2n) is 6.85. The summed E-state index contributed by atoms with van der Waals surface area (Å²) in [5.74, 6) is -0.247. The van der Waals surface area contributed by atoms with Crippen molar-refractivity contribution in [2.75, 3.05) is 45.9 Å². The topological polar surface area (TPSA) is 79.0 Å². The summed E-state index contributed by atoms with van der Waals surface area (Å²) in [6.07, 6.45) is 1.78. The lowest BCUT2D eigenvalue weighted by Gasteiger charge is -2.32. The van der Waals surface area contributed by atoms with E-state index >= 15 is 0 Å². The normalized spacial score (nSPS) is 20.8. The summed E-state index contributed by atoms with van der Waals surface area (Å²) in [4.78, 5) is 14.9. The van der Waals surface area contributed by atoms with Gasteiger partial charge in [0.1, 0.15) is 0 Å². The first-order valence-corrected chi connectivity index (χ1v) is 10.6.